The highest BCUT2D eigenvalue weighted by molar-refractivity contribution is 6.30. The Morgan fingerprint density at radius 3 is 2.46 bits per heavy atom. The SMILES string of the molecule is Cc1ccc(-c2nc(OCc3ccc(Cl)cc3)c(C(=O)O)o2)cc1. The number of ether oxygens (including phenoxy) is 1. The number of carbonyl (C=O) groups is 1. The molecule has 5 nitrogen and oxygen atoms in total. The van der Waals surface area contributed by atoms with Gasteiger partial charge in [-0.2, -0.15) is 4.98 Å². The quantitative estimate of drug-likeness (QED) is 0.734. The van der Waals surface area contributed by atoms with Crippen LogP contribution in [0.5, 0.6) is 5.88 Å². The van der Waals surface area contributed by atoms with E-state index in [4.69, 9.17) is 20.8 Å². The van der Waals surface area contributed by atoms with Crippen molar-refractivity contribution in [3.63, 3.8) is 0 Å². The number of carboxylic acids is 1. The topological polar surface area (TPSA) is 72.6 Å². The van der Waals surface area contributed by atoms with Crippen LogP contribution in [-0.4, -0.2) is 16.1 Å². The van der Waals surface area contributed by atoms with Crippen LogP contribution in [0.2, 0.25) is 5.02 Å². The van der Waals surface area contributed by atoms with Gasteiger partial charge in [0.05, 0.1) is 0 Å². The third-order valence-corrected chi connectivity index (χ3v) is 3.63. The van der Waals surface area contributed by atoms with Crippen molar-refractivity contribution in [3.8, 4) is 17.3 Å². The summed E-state index contributed by atoms with van der Waals surface area (Å²) in [5, 5.41) is 9.89. The molecule has 0 aliphatic heterocycles. The Balaban J connectivity index is 1.85. The Morgan fingerprint density at radius 1 is 1.17 bits per heavy atom. The highest BCUT2D eigenvalue weighted by Crippen LogP contribution is 2.27. The number of hydrogen-bond acceptors (Lipinski definition) is 4. The van der Waals surface area contributed by atoms with Crippen LogP contribution in [0.25, 0.3) is 11.5 Å². The van der Waals surface area contributed by atoms with Gasteiger partial charge in [-0.25, -0.2) is 4.79 Å². The van der Waals surface area contributed by atoms with Crippen molar-refractivity contribution in [3.05, 3.63) is 70.4 Å². The third kappa shape index (κ3) is 3.58. The highest BCUT2D eigenvalue weighted by Gasteiger charge is 2.22. The zero-order chi connectivity index (χ0) is 17.1. The minimum absolute atomic E-state index is 0.0481. The first kappa shape index (κ1) is 16.1. The fraction of sp³-hybridized carbons (Fsp3) is 0.111. The first-order valence-electron chi connectivity index (χ1n) is 7.21. The standard InChI is InChI=1S/C18H14ClNO4/c1-11-2-6-13(7-3-11)16-20-17(15(24-16)18(21)22)23-10-12-4-8-14(19)9-5-12/h2-9H,10H2,1H3,(H,21,22). The molecule has 0 spiro atoms. The lowest BCUT2D eigenvalue weighted by molar-refractivity contribution is 0.0656. The number of rotatable bonds is 5. The van der Waals surface area contributed by atoms with Crippen molar-refractivity contribution in [1.82, 2.24) is 4.98 Å². The van der Waals surface area contributed by atoms with E-state index in [0.717, 1.165) is 11.1 Å². The molecule has 1 heterocycles. The summed E-state index contributed by atoms with van der Waals surface area (Å²) in [6.07, 6.45) is 0. The normalized spacial score (nSPS) is 10.6. The van der Waals surface area contributed by atoms with Crippen LogP contribution in [0.1, 0.15) is 21.7 Å². The van der Waals surface area contributed by atoms with E-state index in [9.17, 15) is 9.90 Å². The number of nitrogens with zero attached hydrogens (tertiary/aromatic N) is 1. The summed E-state index contributed by atoms with van der Waals surface area (Å²) in [6.45, 7) is 2.12. The van der Waals surface area contributed by atoms with Gasteiger partial charge in [0.1, 0.15) is 6.61 Å². The molecule has 0 aliphatic carbocycles. The molecule has 1 N–H and O–H groups in total. The monoisotopic (exact) mass is 343 g/mol. The first-order chi connectivity index (χ1) is 11.5. The summed E-state index contributed by atoms with van der Waals surface area (Å²) in [5.74, 6) is -1.39. The van der Waals surface area contributed by atoms with E-state index >= 15 is 0 Å². The maximum atomic E-state index is 11.3. The van der Waals surface area contributed by atoms with Gasteiger partial charge in [-0.15, -0.1) is 0 Å². The lowest BCUT2D eigenvalue weighted by Crippen LogP contribution is -2.01. The average Bonchev–Trinajstić information content (AvgIpc) is 2.99. The van der Waals surface area contributed by atoms with Crippen LogP contribution >= 0.6 is 11.6 Å². The van der Waals surface area contributed by atoms with E-state index in [1.807, 2.05) is 31.2 Å². The summed E-state index contributed by atoms with van der Waals surface area (Å²) in [7, 11) is 0. The summed E-state index contributed by atoms with van der Waals surface area (Å²) in [6, 6.07) is 14.5. The van der Waals surface area contributed by atoms with Crippen LogP contribution in [0.3, 0.4) is 0 Å². The number of carboxylic acid groups (broad SMARTS) is 1. The van der Waals surface area contributed by atoms with E-state index in [0.29, 0.717) is 10.6 Å². The van der Waals surface area contributed by atoms with Crippen LogP contribution in [0.4, 0.5) is 0 Å². The van der Waals surface area contributed by atoms with Crippen molar-refractivity contribution in [2.24, 2.45) is 0 Å². The van der Waals surface area contributed by atoms with Crippen LogP contribution in [0, 0.1) is 6.92 Å². The molecular formula is C18H14ClNO4. The van der Waals surface area contributed by atoms with Gasteiger partial charge in [-0.3, -0.25) is 0 Å². The van der Waals surface area contributed by atoms with Gasteiger partial charge in [0, 0.05) is 10.6 Å². The minimum Gasteiger partial charge on any atom is -0.475 e. The lowest BCUT2D eigenvalue weighted by atomic mass is 10.1. The number of aromatic carboxylic acids is 1. The second kappa shape index (κ2) is 6.76. The highest BCUT2D eigenvalue weighted by atomic mass is 35.5. The number of hydrogen-bond donors (Lipinski definition) is 1. The molecule has 1 aromatic heterocycles. The Labute approximate surface area is 143 Å². The van der Waals surface area contributed by atoms with Crippen molar-refractivity contribution < 1.29 is 19.1 Å². The summed E-state index contributed by atoms with van der Waals surface area (Å²) < 4.78 is 10.9. The second-order valence-electron chi connectivity index (χ2n) is 5.24. The van der Waals surface area contributed by atoms with Crippen LogP contribution < -0.4 is 4.74 Å². The molecule has 0 atom stereocenters. The predicted octanol–water partition coefficient (Wildman–Crippen LogP) is 4.58. The molecular weight excluding hydrogens is 330 g/mol. The molecule has 0 aliphatic rings. The lowest BCUT2D eigenvalue weighted by Gasteiger charge is -2.03. The van der Waals surface area contributed by atoms with Crippen molar-refractivity contribution in [2.75, 3.05) is 0 Å². The molecule has 2 aromatic carbocycles. The van der Waals surface area contributed by atoms with Gasteiger partial charge in [0.15, 0.2) is 0 Å². The second-order valence-corrected chi connectivity index (χ2v) is 5.68. The third-order valence-electron chi connectivity index (χ3n) is 3.38. The number of oxazole rings is 1. The van der Waals surface area contributed by atoms with E-state index in [-0.39, 0.29) is 24.1 Å². The molecule has 24 heavy (non-hydrogen) atoms. The van der Waals surface area contributed by atoms with Gasteiger partial charge in [-0.1, -0.05) is 41.4 Å². The van der Waals surface area contributed by atoms with E-state index in [1.54, 1.807) is 24.3 Å². The summed E-state index contributed by atoms with van der Waals surface area (Å²) in [4.78, 5) is 15.5. The molecule has 0 amide bonds. The molecule has 0 fully saturated rings. The van der Waals surface area contributed by atoms with Crippen LogP contribution in [-0.2, 0) is 6.61 Å². The first-order valence-corrected chi connectivity index (χ1v) is 7.59. The maximum absolute atomic E-state index is 11.3. The van der Waals surface area contributed by atoms with Gasteiger partial charge in [0.25, 0.3) is 11.6 Å². The molecule has 122 valence electrons. The molecule has 3 aromatic rings. The van der Waals surface area contributed by atoms with E-state index in [1.165, 1.54) is 0 Å². The largest absolute Gasteiger partial charge is 0.475 e. The summed E-state index contributed by atoms with van der Waals surface area (Å²) >= 11 is 5.83. The zero-order valence-corrected chi connectivity index (χ0v) is 13.6. The average molecular weight is 344 g/mol. The molecule has 0 saturated carbocycles. The molecule has 0 saturated heterocycles. The van der Waals surface area contributed by atoms with Gasteiger partial charge in [0.2, 0.25) is 5.89 Å². The van der Waals surface area contributed by atoms with Gasteiger partial charge in [-0.05, 0) is 36.8 Å². The zero-order valence-electron chi connectivity index (χ0n) is 12.8. The Kier molecular flexibility index (Phi) is 4.53. The summed E-state index contributed by atoms with van der Waals surface area (Å²) in [5.41, 5.74) is 2.61. The minimum atomic E-state index is -1.23. The predicted molar refractivity (Wildman–Crippen MR) is 89.4 cm³/mol. The fourth-order valence-corrected chi connectivity index (χ4v) is 2.22. The maximum Gasteiger partial charge on any atom is 0.377 e. The molecule has 0 bridgehead atoms. The van der Waals surface area contributed by atoms with Gasteiger partial charge >= 0.3 is 5.97 Å². The van der Waals surface area contributed by atoms with E-state index in [2.05, 4.69) is 4.98 Å². The van der Waals surface area contributed by atoms with E-state index < -0.39 is 5.97 Å². The molecule has 6 heteroatoms. The van der Waals surface area contributed by atoms with Crippen LogP contribution in [0.15, 0.2) is 52.9 Å². The molecule has 0 radical (unpaired) electrons. The Morgan fingerprint density at radius 2 is 1.83 bits per heavy atom. The number of benzene rings is 2. The fourth-order valence-electron chi connectivity index (χ4n) is 2.09. The van der Waals surface area contributed by atoms with Crippen molar-refractivity contribution in [1.29, 1.82) is 0 Å². The van der Waals surface area contributed by atoms with Gasteiger partial charge < -0.3 is 14.3 Å². The molecule has 3 rings (SSSR count). The smallest absolute Gasteiger partial charge is 0.377 e. The van der Waals surface area contributed by atoms with Crippen molar-refractivity contribution in [2.45, 2.75) is 13.5 Å². The molecule has 0 unspecified atom stereocenters. The Bertz CT molecular complexity index is 854. The number of aryl methyl sites for hydroxylation is 1. The Hall–Kier alpha value is -2.79. The van der Waals surface area contributed by atoms with Crippen molar-refractivity contribution >= 4 is 17.6 Å². The number of halogens is 1. The number of aromatic nitrogens is 1.